The molecule has 0 aliphatic carbocycles. The van der Waals surface area contributed by atoms with Crippen LogP contribution in [0.3, 0.4) is 0 Å². The molecule has 2 N–H and O–H groups in total. The summed E-state index contributed by atoms with van der Waals surface area (Å²) in [6.07, 6.45) is 0.711. The Kier molecular flexibility index (Phi) is 6.29. The van der Waals surface area contributed by atoms with E-state index in [1.165, 1.54) is 15.9 Å². The van der Waals surface area contributed by atoms with Crippen molar-refractivity contribution in [2.75, 3.05) is 39.3 Å². The van der Waals surface area contributed by atoms with Gasteiger partial charge in [0.15, 0.2) is 5.82 Å². The molecule has 2 aromatic heterocycles. The lowest BCUT2D eigenvalue weighted by Crippen LogP contribution is -2.48. The number of rotatable bonds is 6. The van der Waals surface area contributed by atoms with Gasteiger partial charge in [0.2, 0.25) is 10.8 Å². The zero-order chi connectivity index (χ0) is 20.5. The number of aliphatic hydroxyl groups excluding tert-OH is 1. The van der Waals surface area contributed by atoms with E-state index < -0.39 is 0 Å². The van der Waals surface area contributed by atoms with E-state index >= 15 is 0 Å². The summed E-state index contributed by atoms with van der Waals surface area (Å²) in [5.41, 5.74) is 0.891. The van der Waals surface area contributed by atoms with Crippen LogP contribution in [0.25, 0.3) is 4.96 Å². The third-order valence-corrected chi connectivity index (χ3v) is 6.89. The molecule has 0 spiro atoms. The van der Waals surface area contributed by atoms with E-state index in [1.54, 1.807) is 6.07 Å². The Balaban J connectivity index is 1.74. The first-order valence-corrected chi connectivity index (χ1v) is 11.2. The fourth-order valence-corrected chi connectivity index (χ4v) is 5.37. The lowest BCUT2D eigenvalue weighted by atomic mass is 10.0. The van der Waals surface area contributed by atoms with Crippen LogP contribution < -0.4 is 0 Å². The Morgan fingerprint density at radius 3 is 2.59 bits per heavy atom. The first-order valence-electron chi connectivity index (χ1n) is 9.61. The lowest BCUT2D eigenvalue weighted by molar-refractivity contribution is 0.0946. The van der Waals surface area contributed by atoms with Gasteiger partial charge in [-0.05, 0) is 17.7 Å². The Bertz CT molecular complexity index is 1000. The number of hydrogen-bond acceptors (Lipinski definition) is 7. The van der Waals surface area contributed by atoms with Crippen LogP contribution in [0, 0.1) is 0 Å². The molecule has 156 valence electrons. The predicted octanol–water partition coefficient (Wildman–Crippen LogP) is 3.06. The van der Waals surface area contributed by atoms with Gasteiger partial charge in [-0.3, -0.25) is 9.80 Å². The van der Waals surface area contributed by atoms with Gasteiger partial charge in [-0.2, -0.15) is 4.52 Å². The average Bonchev–Trinajstić information content (AvgIpc) is 3.24. The minimum absolute atomic E-state index is 0.103. The number of β-amino-alcohol motifs (C(OH)–C–C–N with tert-alkyl or cyclic N) is 1. The SMILES string of the molecule is CCc1nc2sc([C@@H](c3ccc(Cl)cc3Cl)N3CCN(CCO)CC3)c(O)n2n1. The number of piperazine rings is 1. The van der Waals surface area contributed by atoms with Gasteiger partial charge >= 0.3 is 0 Å². The molecule has 7 nitrogen and oxygen atoms in total. The van der Waals surface area contributed by atoms with Crippen molar-refractivity contribution in [2.45, 2.75) is 19.4 Å². The third-order valence-electron chi connectivity index (χ3n) is 5.25. The summed E-state index contributed by atoms with van der Waals surface area (Å²) in [5, 5.41) is 25.7. The van der Waals surface area contributed by atoms with E-state index in [2.05, 4.69) is 19.9 Å². The Labute approximate surface area is 183 Å². The fourth-order valence-electron chi connectivity index (χ4n) is 3.73. The number of nitrogens with zero attached hydrogens (tertiary/aromatic N) is 5. The molecule has 29 heavy (non-hydrogen) atoms. The summed E-state index contributed by atoms with van der Waals surface area (Å²) < 4.78 is 1.51. The molecule has 3 heterocycles. The number of hydrogen-bond donors (Lipinski definition) is 2. The van der Waals surface area contributed by atoms with E-state index in [0.29, 0.717) is 33.8 Å². The maximum atomic E-state index is 11.0. The fraction of sp³-hybridized carbons (Fsp3) is 0.474. The van der Waals surface area contributed by atoms with Crippen LogP contribution in [0.4, 0.5) is 0 Å². The molecule has 4 rings (SSSR count). The lowest BCUT2D eigenvalue weighted by Gasteiger charge is -2.39. The van der Waals surface area contributed by atoms with E-state index in [4.69, 9.17) is 23.2 Å². The summed E-state index contributed by atoms with van der Waals surface area (Å²) in [4.78, 5) is 10.5. The van der Waals surface area contributed by atoms with E-state index in [0.717, 1.165) is 36.6 Å². The van der Waals surface area contributed by atoms with E-state index in [9.17, 15) is 10.2 Å². The van der Waals surface area contributed by atoms with Crippen molar-refractivity contribution < 1.29 is 10.2 Å². The summed E-state index contributed by atoms with van der Waals surface area (Å²) in [6, 6.07) is 5.24. The molecular formula is C19H23Cl2N5O2S. The van der Waals surface area contributed by atoms with Crippen LogP contribution in [0.15, 0.2) is 18.2 Å². The number of benzene rings is 1. The molecule has 10 heteroatoms. The standard InChI is InChI=1S/C19H23Cl2N5O2S/c1-2-15-22-19-26(23-15)18(28)17(29-19)16(13-4-3-12(20)11-14(13)21)25-7-5-24(6-8-25)9-10-27/h3-4,11,16,27-28H,2,5-10H2,1H3/t16-/m1/s1. The topological polar surface area (TPSA) is 77.1 Å². The van der Waals surface area contributed by atoms with Crippen molar-refractivity contribution >= 4 is 39.5 Å². The van der Waals surface area contributed by atoms with Crippen LogP contribution in [-0.4, -0.2) is 73.9 Å². The number of thiazole rings is 1. The van der Waals surface area contributed by atoms with Crippen molar-refractivity contribution in [1.29, 1.82) is 0 Å². The highest BCUT2D eigenvalue weighted by Gasteiger charge is 2.32. The predicted molar refractivity (Wildman–Crippen MR) is 115 cm³/mol. The van der Waals surface area contributed by atoms with Gasteiger partial charge in [0, 0.05) is 49.2 Å². The molecule has 1 aliphatic rings. The number of halogens is 2. The minimum atomic E-state index is -0.227. The summed E-state index contributed by atoms with van der Waals surface area (Å²) >= 11 is 14.1. The molecule has 0 saturated carbocycles. The van der Waals surface area contributed by atoms with Gasteiger partial charge in [0.1, 0.15) is 0 Å². The Morgan fingerprint density at radius 2 is 1.97 bits per heavy atom. The normalized spacial score (nSPS) is 17.2. The molecule has 0 radical (unpaired) electrons. The highest BCUT2D eigenvalue weighted by Crippen LogP contribution is 2.42. The Hall–Kier alpha value is -1.42. The van der Waals surface area contributed by atoms with Crippen LogP contribution >= 0.6 is 34.5 Å². The summed E-state index contributed by atoms with van der Waals surface area (Å²) in [7, 11) is 0. The second kappa shape index (κ2) is 8.75. The smallest absolute Gasteiger partial charge is 0.230 e. The first-order chi connectivity index (χ1) is 14.0. The van der Waals surface area contributed by atoms with E-state index in [1.807, 2.05) is 19.1 Å². The minimum Gasteiger partial charge on any atom is -0.492 e. The van der Waals surface area contributed by atoms with Gasteiger partial charge in [0.25, 0.3) is 0 Å². The molecule has 0 amide bonds. The number of aliphatic hydroxyl groups is 1. The van der Waals surface area contributed by atoms with Crippen molar-refractivity contribution in [3.05, 3.63) is 44.5 Å². The quantitative estimate of drug-likeness (QED) is 0.594. The molecule has 1 atom stereocenters. The number of fused-ring (bicyclic) bond motifs is 1. The summed E-state index contributed by atoms with van der Waals surface area (Å²) in [6.45, 7) is 6.06. The number of aryl methyl sites for hydroxylation is 1. The first kappa shape index (κ1) is 20.8. The van der Waals surface area contributed by atoms with Crippen molar-refractivity contribution in [1.82, 2.24) is 24.4 Å². The maximum Gasteiger partial charge on any atom is 0.230 e. The van der Waals surface area contributed by atoms with Gasteiger partial charge in [-0.15, -0.1) is 5.10 Å². The average molecular weight is 456 g/mol. The van der Waals surface area contributed by atoms with Crippen LogP contribution in [0.2, 0.25) is 10.0 Å². The second-order valence-corrected chi connectivity index (χ2v) is 8.89. The zero-order valence-corrected chi connectivity index (χ0v) is 18.4. The van der Waals surface area contributed by atoms with Crippen molar-refractivity contribution in [2.24, 2.45) is 0 Å². The van der Waals surface area contributed by atoms with E-state index in [-0.39, 0.29) is 18.5 Å². The molecule has 1 saturated heterocycles. The summed E-state index contributed by atoms with van der Waals surface area (Å²) in [5.74, 6) is 0.808. The van der Waals surface area contributed by atoms with Gasteiger partial charge < -0.3 is 10.2 Å². The molecule has 0 unspecified atom stereocenters. The van der Waals surface area contributed by atoms with Crippen LogP contribution in [-0.2, 0) is 6.42 Å². The molecular weight excluding hydrogens is 433 g/mol. The Morgan fingerprint density at radius 1 is 1.21 bits per heavy atom. The number of aromatic nitrogens is 3. The highest BCUT2D eigenvalue weighted by atomic mass is 35.5. The highest BCUT2D eigenvalue weighted by molar-refractivity contribution is 7.17. The maximum absolute atomic E-state index is 11.0. The third kappa shape index (κ3) is 4.10. The van der Waals surface area contributed by atoms with Crippen molar-refractivity contribution in [3.8, 4) is 5.88 Å². The monoisotopic (exact) mass is 455 g/mol. The van der Waals surface area contributed by atoms with Gasteiger partial charge in [-0.25, -0.2) is 4.98 Å². The second-order valence-electron chi connectivity index (χ2n) is 7.04. The van der Waals surface area contributed by atoms with Crippen LogP contribution in [0.5, 0.6) is 5.88 Å². The molecule has 3 aromatic rings. The molecule has 0 bridgehead atoms. The zero-order valence-electron chi connectivity index (χ0n) is 16.1. The molecule has 1 aliphatic heterocycles. The van der Waals surface area contributed by atoms with Gasteiger partial charge in [0.05, 0.1) is 17.5 Å². The van der Waals surface area contributed by atoms with Gasteiger partial charge in [-0.1, -0.05) is 47.5 Å². The van der Waals surface area contributed by atoms with Crippen molar-refractivity contribution in [3.63, 3.8) is 0 Å². The van der Waals surface area contributed by atoms with Crippen LogP contribution in [0.1, 0.15) is 29.2 Å². The number of aromatic hydroxyl groups is 1. The molecule has 1 fully saturated rings. The molecule has 1 aromatic carbocycles. The largest absolute Gasteiger partial charge is 0.492 e.